The number of aromatic nitrogens is 1. The van der Waals surface area contributed by atoms with Gasteiger partial charge in [0, 0.05) is 16.9 Å². The highest BCUT2D eigenvalue weighted by Crippen LogP contribution is 2.21. The summed E-state index contributed by atoms with van der Waals surface area (Å²) in [6.45, 7) is 0.644. The fraction of sp³-hybridized carbons (Fsp3) is 0.267. The lowest BCUT2D eigenvalue weighted by Crippen LogP contribution is -2.19. The predicted octanol–water partition coefficient (Wildman–Crippen LogP) is 3.86. The molecule has 100 valence electrons. The molecule has 0 aliphatic heterocycles. The molecule has 2 aromatic rings. The molecule has 1 aromatic carbocycles. The smallest absolute Gasteiger partial charge is 0.0621 e. The van der Waals surface area contributed by atoms with Gasteiger partial charge >= 0.3 is 0 Å². The summed E-state index contributed by atoms with van der Waals surface area (Å²) in [7, 11) is 0. The van der Waals surface area contributed by atoms with Crippen LogP contribution in [0.25, 0.3) is 0 Å². The molecule has 0 bridgehead atoms. The lowest BCUT2D eigenvalue weighted by molar-refractivity contribution is 0.533. The molecule has 0 amide bonds. The lowest BCUT2D eigenvalue weighted by Gasteiger charge is -2.15. The van der Waals surface area contributed by atoms with Gasteiger partial charge in [-0.05, 0) is 54.6 Å². The van der Waals surface area contributed by atoms with Crippen molar-refractivity contribution in [2.24, 2.45) is 11.7 Å². The van der Waals surface area contributed by atoms with Gasteiger partial charge in [-0.3, -0.25) is 4.98 Å². The summed E-state index contributed by atoms with van der Waals surface area (Å²) in [6.07, 6.45) is 5.29. The molecular weight excluding hydrogens is 324 g/mol. The summed E-state index contributed by atoms with van der Waals surface area (Å²) < 4.78 is 1.10. The van der Waals surface area contributed by atoms with Gasteiger partial charge in [0.2, 0.25) is 0 Å². The second-order valence-electron chi connectivity index (χ2n) is 4.61. The van der Waals surface area contributed by atoms with E-state index in [9.17, 15) is 0 Å². The van der Waals surface area contributed by atoms with Gasteiger partial charge in [-0.2, -0.15) is 0 Å². The molecule has 0 radical (unpaired) electrons. The van der Waals surface area contributed by atoms with E-state index in [0.717, 1.165) is 27.9 Å². The van der Waals surface area contributed by atoms with Gasteiger partial charge < -0.3 is 5.73 Å². The monoisotopic (exact) mass is 338 g/mol. The number of nitrogens with two attached hydrogens (primary N) is 1. The maximum Gasteiger partial charge on any atom is 0.0621 e. The van der Waals surface area contributed by atoms with Gasteiger partial charge in [0.05, 0.1) is 5.02 Å². The number of nitrogens with zero attached hydrogens (tertiary/aromatic N) is 1. The third-order valence-corrected chi connectivity index (χ3v) is 3.95. The minimum absolute atomic E-state index is 0.384. The summed E-state index contributed by atoms with van der Waals surface area (Å²) in [5.74, 6) is 0.384. The van der Waals surface area contributed by atoms with E-state index in [-0.39, 0.29) is 0 Å². The quantitative estimate of drug-likeness (QED) is 0.898. The summed E-state index contributed by atoms with van der Waals surface area (Å²) >= 11 is 9.63. The number of pyridine rings is 1. The Kier molecular flexibility index (Phi) is 5.37. The fourth-order valence-corrected chi connectivity index (χ4v) is 2.76. The Balaban J connectivity index is 2.07. The summed E-state index contributed by atoms with van der Waals surface area (Å²) in [4.78, 5) is 4.00. The van der Waals surface area contributed by atoms with E-state index in [0.29, 0.717) is 12.5 Å². The normalized spacial score (nSPS) is 12.4. The molecule has 0 fully saturated rings. The van der Waals surface area contributed by atoms with Gasteiger partial charge in [-0.15, -0.1) is 0 Å². The summed E-state index contributed by atoms with van der Waals surface area (Å²) in [5, 5.41) is 0.718. The van der Waals surface area contributed by atoms with Crippen LogP contribution in [0.2, 0.25) is 5.02 Å². The van der Waals surface area contributed by atoms with Crippen molar-refractivity contribution >= 4 is 27.5 Å². The van der Waals surface area contributed by atoms with Crippen molar-refractivity contribution in [3.05, 3.63) is 63.3 Å². The van der Waals surface area contributed by atoms with Crippen LogP contribution < -0.4 is 5.73 Å². The Labute approximate surface area is 127 Å². The molecule has 4 heteroatoms. The molecule has 1 heterocycles. The molecule has 2 N–H and O–H groups in total. The minimum Gasteiger partial charge on any atom is -0.330 e. The van der Waals surface area contributed by atoms with Gasteiger partial charge in [0.15, 0.2) is 0 Å². The van der Waals surface area contributed by atoms with E-state index in [1.807, 2.05) is 18.2 Å². The zero-order valence-corrected chi connectivity index (χ0v) is 12.9. The number of rotatable bonds is 5. The average Bonchev–Trinajstić information content (AvgIpc) is 2.40. The van der Waals surface area contributed by atoms with Crippen LogP contribution in [0.15, 0.2) is 47.2 Å². The highest BCUT2D eigenvalue weighted by molar-refractivity contribution is 9.10. The molecule has 1 unspecified atom stereocenters. The molecule has 1 aromatic heterocycles. The summed E-state index contributed by atoms with van der Waals surface area (Å²) in [6, 6.07) is 10.3. The molecule has 0 spiro atoms. The first-order valence-corrected chi connectivity index (χ1v) is 7.39. The van der Waals surface area contributed by atoms with Gasteiger partial charge in [-0.25, -0.2) is 0 Å². The van der Waals surface area contributed by atoms with Crippen LogP contribution in [-0.4, -0.2) is 11.5 Å². The van der Waals surface area contributed by atoms with Crippen molar-refractivity contribution in [2.45, 2.75) is 12.8 Å². The average molecular weight is 340 g/mol. The van der Waals surface area contributed by atoms with Crippen molar-refractivity contribution < 1.29 is 0 Å². The van der Waals surface area contributed by atoms with Crippen LogP contribution in [0.3, 0.4) is 0 Å². The molecule has 0 aliphatic rings. The Morgan fingerprint density at radius 2 is 2.11 bits per heavy atom. The predicted molar refractivity (Wildman–Crippen MR) is 83.3 cm³/mol. The molecule has 0 aliphatic carbocycles. The van der Waals surface area contributed by atoms with E-state index in [2.05, 4.69) is 33.0 Å². The first-order chi connectivity index (χ1) is 9.19. The Morgan fingerprint density at radius 3 is 2.79 bits per heavy atom. The van der Waals surface area contributed by atoms with Crippen LogP contribution >= 0.6 is 27.5 Å². The maximum atomic E-state index is 6.14. The Morgan fingerprint density at radius 1 is 1.26 bits per heavy atom. The Hall–Kier alpha value is -0.900. The van der Waals surface area contributed by atoms with Crippen LogP contribution in [-0.2, 0) is 12.8 Å². The van der Waals surface area contributed by atoms with Crippen LogP contribution in [0.1, 0.15) is 11.1 Å². The third kappa shape index (κ3) is 4.30. The number of benzene rings is 1. The van der Waals surface area contributed by atoms with Crippen LogP contribution in [0.4, 0.5) is 0 Å². The molecule has 0 saturated heterocycles. The van der Waals surface area contributed by atoms with Crippen molar-refractivity contribution in [1.82, 2.24) is 4.98 Å². The standard InChI is InChI=1S/C15H16BrClN2/c16-14-3-1-2-11(8-14)6-12(9-18)7-13-4-5-19-10-15(13)17/h1-5,8,10,12H,6-7,9,18H2. The number of halogens is 2. The van der Waals surface area contributed by atoms with Gasteiger partial charge in [0.25, 0.3) is 0 Å². The molecule has 1 atom stereocenters. The minimum atomic E-state index is 0.384. The zero-order chi connectivity index (χ0) is 13.7. The fourth-order valence-electron chi connectivity index (χ4n) is 2.12. The van der Waals surface area contributed by atoms with Gasteiger partial charge in [-0.1, -0.05) is 39.7 Å². The van der Waals surface area contributed by atoms with E-state index in [1.54, 1.807) is 12.4 Å². The Bertz CT molecular complexity index is 545. The van der Waals surface area contributed by atoms with E-state index < -0.39 is 0 Å². The van der Waals surface area contributed by atoms with Crippen molar-refractivity contribution in [1.29, 1.82) is 0 Å². The van der Waals surface area contributed by atoms with Crippen molar-refractivity contribution in [3.8, 4) is 0 Å². The number of hydrogen-bond acceptors (Lipinski definition) is 2. The highest BCUT2D eigenvalue weighted by Gasteiger charge is 2.11. The van der Waals surface area contributed by atoms with E-state index in [1.165, 1.54) is 5.56 Å². The van der Waals surface area contributed by atoms with E-state index >= 15 is 0 Å². The highest BCUT2D eigenvalue weighted by atomic mass is 79.9. The zero-order valence-electron chi connectivity index (χ0n) is 10.5. The maximum absolute atomic E-state index is 6.14. The molecular formula is C15H16BrClN2. The molecule has 19 heavy (non-hydrogen) atoms. The van der Waals surface area contributed by atoms with Crippen molar-refractivity contribution in [2.75, 3.05) is 6.54 Å². The molecule has 2 nitrogen and oxygen atoms in total. The SMILES string of the molecule is NCC(Cc1cccc(Br)c1)Cc1ccncc1Cl. The van der Waals surface area contributed by atoms with Crippen LogP contribution in [0.5, 0.6) is 0 Å². The summed E-state index contributed by atoms with van der Waals surface area (Å²) in [5.41, 5.74) is 8.29. The second kappa shape index (κ2) is 7.04. The molecule has 0 saturated carbocycles. The van der Waals surface area contributed by atoms with E-state index in [4.69, 9.17) is 17.3 Å². The number of hydrogen-bond donors (Lipinski definition) is 1. The first-order valence-electron chi connectivity index (χ1n) is 6.22. The topological polar surface area (TPSA) is 38.9 Å². The third-order valence-electron chi connectivity index (χ3n) is 3.11. The lowest BCUT2D eigenvalue weighted by atomic mass is 9.93. The first kappa shape index (κ1) is 14.5. The molecule has 2 rings (SSSR count). The van der Waals surface area contributed by atoms with Crippen molar-refractivity contribution in [3.63, 3.8) is 0 Å². The van der Waals surface area contributed by atoms with Gasteiger partial charge in [0.1, 0.15) is 0 Å². The largest absolute Gasteiger partial charge is 0.330 e. The van der Waals surface area contributed by atoms with Crippen LogP contribution in [0, 0.1) is 5.92 Å². The second-order valence-corrected chi connectivity index (χ2v) is 5.93.